The molecule has 0 spiro atoms. The van der Waals surface area contributed by atoms with E-state index in [4.69, 9.17) is 9.47 Å². The number of nitrogens with one attached hydrogen (secondary N) is 2. The fourth-order valence-corrected chi connectivity index (χ4v) is 2.73. The first-order chi connectivity index (χ1) is 10.3. The van der Waals surface area contributed by atoms with Gasteiger partial charge >= 0.3 is 0 Å². The molecule has 1 saturated heterocycles. The molecule has 3 rings (SSSR count). The lowest BCUT2D eigenvalue weighted by Crippen LogP contribution is -2.38. The monoisotopic (exact) mass is 324 g/mol. The van der Waals surface area contributed by atoms with Crippen LogP contribution in [0.1, 0.15) is 18.4 Å². The van der Waals surface area contributed by atoms with Gasteiger partial charge in [0, 0.05) is 18.2 Å². The van der Waals surface area contributed by atoms with Gasteiger partial charge in [0.2, 0.25) is 0 Å². The van der Waals surface area contributed by atoms with E-state index < -0.39 is 0 Å². The lowest BCUT2D eigenvalue weighted by Gasteiger charge is -2.20. The molecule has 2 aliphatic heterocycles. The second-order valence-electron chi connectivity index (χ2n) is 5.34. The van der Waals surface area contributed by atoms with Gasteiger partial charge in [-0.3, -0.25) is 4.79 Å². The molecule has 0 aliphatic carbocycles. The number of ether oxygens (including phenoxy) is 2. The quantitative estimate of drug-likeness (QED) is 0.886. The van der Waals surface area contributed by atoms with Crippen LogP contribution in [0.25, 0.3) is 6.08 Å². The summed E-state index contributed by atoms with van der Waals surface area (Å²) in [5.41, 5.74) is 1.53. The minimum absolute atomic E-state index is 0. The Labute approximate surface area is 136 Å². The summed E-state index contributed by atoms with van der Waals surface area (Å²) in [6.07, 6.45) is 4.17. The number of fused-ring (bicyclic) bond motifs is 1. The van der Waals surface area contributed by atoms with Crippen molar-refractivity contribution in [3.8, 4) is 11.5 Å². The standard InChI is InChI=1S/C16H20N2O3.ClH/c1-20-14-6-2-4-11-8-12(10-21-15(11)14)16(19)18-9-13-5-3-7-17-13;/h2,4,6,8,13,17H,3,5,7,9-10H2,1H3,(H,18,19);1H. The zero-order valence-corrected chi connectivity index (χ0v) is 13.4. The van der Waals surface area contributed by atoms with Crippen molar-refractivity contribution < 1.29 is 14.3 Å². The number of halogens is 1. The van der Waals surface area contributed by atoms with Crippen molar-refractivity contribution in [2.24, 2.45) is 0 Å². The third kappa shape index (κ3) is 3.54. The Hall–Kier alpha value is -1.72. The van der Waals surface area contributed by atoms with Gasteiger partial charge < -0.3 is 20.1 Å². The second-order valence-corrected chi connectivity index (χ2v) is 5.34. The number of amides is 1. The normalized spacial score (nSPS) is 19.3. The molecule has 6 heteroatoms. The topological polar surface area (TPSA) is 59.6 Å². The summed E-state index contributed by atoms with van der Waals surface area (Å²) in [4.78, 5) is 12.2. The molecule has 1 fully saturated rings. The van der Waals surface area contributed by atoms with Crippen molar-refractivity contribution >= 4 is 24.4 Å². The zero-order chi connectivity index (χ0) is 14.7. The number of carbonyl (C=O) groups excluding carboxylic acids is 1. The van der Waals surface area contributed by atoms with Gasteiger partial charge in [0.05, 0.1) is 12.7 Å². The van der Waals surface area contributed by atoms with Gasteiger partial charge in [-0.15, -0.1) is 12.4 Å². The third-order valence-electron chi connectivity index (χ3n) is 3.89. The third-order valence-corrected chi connectivity index (χ3v) is 3.89. The number of benzene rings is 1. The van der Waals surface area contributed by atoms with E-state index in [1.807, 2.05) is 24.3 Å². The molecule has 1 aromatic carbocycles. The highest BCUT2D eigenvalue weighted by atomic mass is 35.5. The van der Waals surface area contributed by atoms with Crippen LogP contribution < -0.4 is 20.1 Å². The van der Waals surface area contributed by atoms with E-state index in [0.717, 1.165) is 18.5 Å². The highest BCUT2D eigenvalue weighted by molar-refractivity contribution is 5.99. The van der Waals surface area contributed by atoms with Crippen molar-refractivity contribution in [1.82, 2.24) is 10.6 Å². The molecular formula is C16H21ClN2O3. The Kier molecular flexibility index (Phi) is 5.69. The van der Waals surface area contributed by atoms with Crippen LogP contribution in [0.15, 0.2) is 23.8 Å². The summed E-state index contributed by atoms with van der Waals surface area (Å²) in [6, 6.07) is 6.05. The lowest BCUT2D eigenvalue weighted by atomic mass is 10.1. The first kappa shape index (κ1) is 16.6. The average Bonchev–Trinajstić information content (AvgIpc) is 3.04. The van der Waals surface area contributed by atoms with Gasteiger partial charge in [-0.25, -0.2) is 0 Å². The Morgan fingerprint density at radius 2 is 2.36 bits per heavy atom. The van der Waals surface area contributed by atoms with Crippen LogP contribution in [0.5, 0.6) is 11.5 Å². The number of carbonyl (C=O) groups is 1. The van der Waals surface area contributed by atoms with Crippen molar-refractivity contribution in [3.05, 3.63) is 29.3 Å². The average molecular weight is 325 g/mol. The second kappa shape index (κ2) is 7.51. The van der Waals surface area contributed by atoms with Crippen molar-refractivity contribution in [2.75, 3.05) is 26.8 Å². The summed E-state index contributed by atoms with van der Waals surface area (Å²) in [5.74, 6) is 1.34. The van der Waals surface area contributed by atoms with Gasteiger partial charge in [-0.2, -0.15) is 0 Å². The highest BCUT2D eigenvalue weighted by Gasteiger charge is 2.21. The Bertz CT molecular complexity index is 569. The van der Waals surface area contributed by atoms with Crippen LogP contribution in [-0.4, -0.2) is 38.8 Å². The maximum atomic E-state index is 12.2. The lowest BCUT2D eigenvalue weighted by molar-refractivity contribution is -0.117. The molecule has 0 aromatic heterocycles. The van der Waals surface area contributed by atoms with E-state index >= 15 is 0 Å². The van der Waals surface area contributed by atoms with E-state index in [0.29, 0.717) is 29.7 Å². The molecule has 2 aliphatic rings. The molecule has 1 aromatic rings. The molecule has 0 saturated carbocycles. The summed E-state index contributed by atoms with van der Waals surface area (Å²) >= 11 is 0. The first-order valence-corrected chi connectivity index (χ1v) is 7.30. The van der Waals surface area contributed by atoms with Crippen molar-refractivity contribution in [2.45, 2.75) is 18.9 Å². The minimum atomic E-state index is -0.0582. The van der Waals surface area contributed by atoms with Crippen LogP contribution in [0.4, 0.5) is 0 Å². The summed E-state index contributed by atoms with van der Waals surface area (Å²) in [5, 5.41) is 6.34. The van der Waals surface area contributed by atoms with Crippen molar-refractivity contribution in [3.63, 3.8) is 0 Å². The van der Waals surface area contributed by atoms with Crippen molar-refractivity contribution in [1.29, 1.82) is 0 Å². The van der Waals surface area contributed by atoms with Crippen LogP contribution in [0.2, 0.25) is 0 Å². The fourth-order valence-electron chi connectivity index (χ4n) is 2.73. The number of para-hydroxylation sites is 1. The molecule has 1 atom stereocenters. The van der Waals surface area contributed by atoms with Gasteiger partial charge in [-0.05, 0) is 31.5 Å². The summed E-state index contributed by atoms with van der Waals surface area (Å²) in [7, 11) is 1.61. The summed E-state index contributed by atoms with van der Waals surface area (Å²) < 4.78 is 10.9. The predicted molar refractivity (Wildman–Crippen MR) is 87.7 cm³/mol. The molecule has 2 heterocycles. The molecule has 120 valence electrons. The van der Waals surface area contributed by atoms with Gasteiger partial charge in [-0.1, -0.05) is 12.1 Å². The van der Waals surface area contributed by atoms with Gasteiger partial charge in [0.25, 0.3) is 5.91 Å². The Morgan fingerprint density at radius 1 is 1.50 bits per heavy atom. The van der Waals surface area contributed by atoms with Crippen LogP contribution in [0, 0.1) is 0 Å². The maximum absolute atomic E-state index is 12.2. The molecule has 0 radical (unpaired) electrons. The van der Waals surface area contributed by atoms with Crippen LogP contribution in [0.3, 0.4) is 0 Å². The molecule has 1 amide bonds. The number of rotatable bonds is 4. The largest absolute Gasteiger partial charge is 0.493 e. The Morgan fingerprint density at radius 3 is 3.09 bits per heavy atom. The predicted octanol–water partition coefficient (Wildman–Crippen LogP) is 1.76. The van der Waals surface area contributed by atoms with E-state index in [1.165, 1.54) is 6.42 Å². The number of methoxy groups -OCH3 is 1. The van der Waals surface area contributed by atoms with E-state index in [-0.39, 0.29) is 24.9 Å². The van der Waals surface area contributed by atoms with E-state index in [1.54, 1.807) is 7.11 Å². The first-order valence-electron chi connectivity index (χ1n) is 7.30. The minimum Gasteiger partial charge on any atom is -0.493 e. The molecule has 1 unspecified atom stereocenters. The Balaban J connectivity index is 0.00000176. The molecule has 22 heavy (non-hydrogen) atoms. The molecular weight excluding hydrogens is 304 g/mol. The summed E-state index contributed by atoms with van der Waals surface area (Å²) in [6.45, 7) is 1.98. The SMILES string of the molecule is COc1cccc2c1OCC(C(=O)NCC1CCCN1)=C2.Cl. The smallest absolute Gasteiger partial charge is 0.250 e. The maximum Gasteiger partial charge on any atom is 0.250 e. The van der Waals surface area contributed by atoms with Gasteiger partial charge in [0.15, 0.2) is 11.5 Å². The number of hydrogen-bond acceptors (Lipinski definition) is 4. The van der Waals surface area contributed by atoms with E-state index in [9.17, 15) is 4.79 Å². The zero-order valence-electron chi connectivity index (χ0n) is 12.6. The molecule has 0 bridgehead atoms. The fraction of sp³-hybridized carbons (Fsp3) is 0.438. The number of hydrogen-bond donors (Lipinski definition) is 2. The highest BCUT2D eigenvalue weighted by Crippen LogP contribution is 2.35. The molecule has 5 nitrogen and oxygen atoms in total. The van der Waals surface area contributed by atoms with E-state index in [2.05, 4.69) is 10.6 Å². The van der Waals surface area contributed by atoms with Crippen LogP contribution >= 0.6 is 12.4 Å². The van der Waals surface area contributed by atoms with Gasteiger partial charge in [0.1, 0.15) is 6.61 Å². The molecule has 2 N–H and O–H groups in total. The van der Waals surface area contributed by atoms with Crippen LogP contribution in [-0.2, 0) is 4.79 Å².